The fraction of sp³-hybridized carbons (Fsp3) is 0.588. The number of benzene rings is 1. The molecule has 4 nitrogen and oxygen atoms in total. The van der Waals surface area contributed by atoms with Crippen LogP contribution in [-0.2, 0) is 11.3 Å². The molecule has 2 amide bonds. The van der Waals surface area contributed by atoms with Crippen molar-refractivity contribution in [2.45, 2.75) is 32.2 Å². The molecular weight excluding hydrogens is 335 g/mol. The highest BCUT2D eigenvalue weighted by Gasteiger charge is 2.37. The van der Waals surface area contributed by atoms with E-state index in [2.05, 4.69) is 5.32 Å². The molecule has 2 fully saturated rings. The van der Waals surface area contributed by atoms with Crippen LogP contribution in [0.2, 0.25) is 10.0 Å². The molecule has 2 heterocycles. The molecule has 0 saturated carbocycles. The van der Waals surface area contributed by atoms with E-state index in [4.69, 9.17) is 27.9 Å². The predicted molar refractivity (Wildman–Crippen MR) is 92.0 cm³/mol. The molecule has 0 bridgehead atoms. The van der Waals surface area contributed by atoms with E-state index in [0.29, 0.717) is 22.0 Å². The molecule has 2 saturated heterocycles. The first kappa shape index (κ1) is 16.9. The van der Waals surface area contributed by atoms with Gasteiger partial charge in [0.25, 0.3) is 0 Å². The van der Waals surface area contributed by atoms with E-state index in [0.717, 1.165) is 57.6 Å². The molecule has 2 aliphatic heterocycles. The number of nitrogens with zero attached hydrogens (tertiary/aromatic N) is 1. The summed E-state index contributed by atoms with van der Waals surface area (Å²) in [4.78, 5) is 14.2. The third-order valence-electron chi connectivity index (χ3n) is 5.09. The predicted octanol–water partition coefficient (Wildman–Crippen LogP) is 4.10. The number of carbonyl (C=O) groups is 1. The number of rotatable bonds is 2. The maximum atomic E-state index is 12.3. The Balaban J connectivity index is 1.48. The molecule has 1 aromatic carbocycles. The van der Waals surface area contributed by atoms with Crippen LogP contribution in [0.3, 0.4) is 0 Å². The number of likely N-dealkylation sites (tertiary alicyclic amines) is 1. The van der Waals surface area contributed by atoms with Gasteiger partial charge in [0, 0.05) is 32.8 Å². The highest BCUT2D eigenvalue weighted by Crippen LogP contribution is 2.40. The van der Waals surface area contributed by atoms with Crippen molar-refractivity contribution in [1.82, 2.24) is 10.2 Å². The Hall–Kier alpha value is -0.970. The molecule has 2 aliphatic rings. The second-order valence-corrected chi connectivity index (χ2v) is 7.32. The summed E-state index contributed by atoms with van der Waals surface area (Å²) in [5.74, 6) is 0. The Labute approximate surface area is 147 Å². The topological polar surface area (TPSA) is 41.6 Å². The molecule has 3 rings (SSSR count). The van der Waals surface area contributed by atoms with E-state index in [1.54, 1.807) is 12.1 Å². The number of ether oxygens (including phenoxy) is 1. The molecule has 23 heavy (non-hydrogen) atoms. The molecule has 0 radical (unpaired) electrons. The van der Waals surface area contributed by atoms with Gasteiger partial charge in [0.1, 0.15) is 0 Å². The first-order chi connectivity index (χ1) is 11.1. The zero-order chi connectivity index (χ0) is 16.3. The maximum absolute atomic E-state index is 12.3. The number of nitrogens with one attached hydrogen (secondary N) is 1. The van der Waals surface area contributed by atoms with Gasteiger partial charge in [-0.1, -0.05) is 29.3 Å². The van der Waals surface area contributed by atoms with Gasteiger partial charge in [-0.05, 0) is 48.8 Å². The first-order valence-electron chi connectivity index (χ1n) is 8.12. The zero-order valence-corrected chi connectivity index (χ0v) is 14.6. The van der Waals surface area contributed by atoms with Crippen LogP contribution in [0.1, 0.15) is 31.2 Å². The molecule has 0 unspecified atom stereocenters. The Kier molecular flexibility index (Phi) is 5.34. The lowest BCUT2D eigenvalue weighted by Crippen LogP contribution is -2.48. The fourth-order valence-electron chi connectivity index (χ4n) is 3.43. The normalized spacial score (nSPS) is 20.5. The molecule has 0 aliphatic carbocycles. The fourth-order valence-corrected chi connectivity index (χ4v) is 3.75. The minimum Gasteiger partial charge on any atom is -0.381 e. The molecule has 0 atom stereocenters. The van der Waals surface area contributed by atoms with Gasteiger partial charge in [-0.15, -0.1) is 0 Å². The van der Waals surface area contributed by atoms with E-state index in [9.17, 15) is 4.79 Å². The SMILES string of the molecule is O=C(NCc1ccc(Cl)c(Cl)c1)N1CCC2(CCOCC2)CC1. The molecular formula is C17H22Cl2N2O2. The van der Waals surface area contributed by atoms with Gasteiger partial charge in [0.2, 0.25) is 0 Å². The van der Waals surface area contributed by atoms with Gasteiger partial charge in [-0.2, -0.15) is 0 Å². The summed E-state index contributed by atoms with van der Waals surface area (Å²) in [6.07, 6.45) is 4.42. The summed E-state index contributed by atoms with van der Waals surface area (Å²) >= 11 is 11.9. The van der Waals surface area contributed by atoms with E-state index in [1.807, 2.05) is 11.0 Å². The lowest BCUT2D eigenvalue weighted by atomic mass is 9.72. The maximum Gasteiger partial charge on any atom is 0.317 e. The third kappa shape index (κ3) is 4.11. The number of carbonyl (C=O) groups excluding carboxylic acids is 1. The number of halogens is 2. The number of hydrogen-bond acceptors (Lipinski definition) is 2. The van der Waals surface area contributed by atoms with Crippen molar-refractivity contribution in [2.24, 2.45) is 5.41 Å². The van der Waals surface area contributed by atoms with E-state index in [-0.39, 0.29) is 6.03 Å². The minimum absolute atomic E-state index is 0.00187. The van der Waals surface area contributed by atoms with Crippen LogP contribution in [-0.4, -0.2) is 37.2 Å². The summed E-state index contributed by atoms with van der Waals surface area (Å²) in [6.45, 7) is 3.85. The second-order valence-electron chi connectivity index (χ2n) is 6.51. The van der Waals surface area contributed by atoms with Crippen molar-refractivity contribution in [3.8, 4) is 0 Å². The average molecular weight is 357 g/mol. The monoisotopic (exact) mass is 356 g/mol. The van der Waals surface area contributed by atoms with Gasteiger partial charge in [-0.3, -0.25) is 0 Å². The Morgan fingerprint density at radius 2 is 1.83 bits per heavy atom. The molecule has 1 aromatic rings. The summed E-state index contributed by atoms with van der Waals surface area (Å²) < 4.78 is 5.46. The lowest BCUT2D eigenvalue weighted by molar-refractivity contribution is -0.0145. The lowest BCUT2D eigenvalue weighted by Gasteiger charge is -2.44. The van der Waals surface area contributed by atoms with Crippen LogP contribution in [0.4, 0.5) is 4.79 Å². The van der Waals surface area contributed by atoms with E-state index in [1.165, 1.54) is 0 Å². The largest absolute Gasteiger partial charge is 0.381 e. The molecule has 126 valence electrons. The van der Waals surface area contributed by atoms with Crippen molar-refractivity contribution >= 4 is 29.2 Å². The molecule has 1 N–H and O–H groups in total. The molecule has 0 aromatic heterocycles. The summed E-state index contributed by atoms with van der Waals surface area (Å²) in [6, 6.07) is 5.42. The molecule has 1 spiro atoms. The molecule has 6 heteroatoms. The summed E-state index contributed by atoms with van der Waals surface area (Å²) in [5, 5.41) is 4.01. The standard InChI is InChI=1S/C17H22Cl2N2O2/c18-14-2-1-13(11-15(14)19)12-20-16(22)21-7-3-17(4-8-21)5-9-23-10-6-17/h1-2,11H,3-10,12H2,(H,20,22). The number of hydrogen-bond donors (Lipinski definition) is 1. The number of urea groups is 1. The average Bonchev–Trinajstić information content (AvgIpc) is 2.57. The van der Waals surface area contributed by atoms with Crippen molar-refractivity contribution in [1.29, 1.82) is 0 Å². The van der Waals surface area contributed by atoms with E-state index >= 15 is 0 Å². The van der Waals surface area contributed by atoms with Crippen LogP contribution in [0.15, 0.2) is 18.2 Å². The van der Waals surface area contributed by atoms with Crippen LogP contribution >= 0.6 is 23.2 Å². The summed E-state index contributed by atoms with van der Waals surface area (Å²) in [5.41, 5.74) is 1.35. The van der Waals surface area contributed by atoms with Crippen LogP contribution in [0, 0.1) is 5.41 Å². The van der Waals surface area contributed by atoms with Crippen LogP contribution in [0.25, 0.3) is 0 Å². The van der Waals surface area contributed by atoms with Gasteiger partial charge in [0.15, 0.2) is 0 Å². The van der Waals surface area contributed by atoms with Crippen molar-refractivity contribution in [3.63, 3.8) is 0 Å². The Bertz CT molecular complexity index is 564. The third-order valence-corrected chi connectivity index (χ3v) is 5.83. The Morgan fingerprint density at radius 3 is 2.48 bits per heavy atom. The first-order valence-corrected chi connectivity index (χ1v) is 8.88. The van der Waals surface area contributed by atoms with Gasteiger partial charge in [0.05, 0.1) is 10.0 Å². The van der Waals surface area contributed by atoms with Gasteiger partial charge < -0.3 is 15.0 Å². The summed E-state index contributed by atoms with van der Waals surface area (Å²) in [7, 11) is 0. The van der Waals surface area contributed by atoms with Gasteiger partial charge >= 0.3 is 6.03 Å². The van der Waals surface area contributed by atoms with Crippen molar-refractivity contribution in [2.75, 3.05) is 26.3 Å². The number of amides is 2. The van der Waals surface area contributed by atoms with E-state index < -0.39 is 0 Å². The number of piperidine rings is 1. The smallest absolute Gasteiger partial charge is 0.317 e. The van der Waals surface area contributed by atoms with Gasteiger partial charge in [-0.25, -0.2) is 4.79 Å². The highest BCUT2D eigenvalue weighted by molar-refractivity contribution is 6.42. The quantitative estimate of drug-likeness (QED) is 0.866. The Morgan fingerprint density at radius 1 is 1.13 bits per heavy atom. The second kappa shape index (κ2) is 7.29. The zero-order valence-electron chi connectivity index (χ0n) is 13.1. The van der Waals surface area contributed by atoms with Crippen molar-refractivity contribution < 1.29 is 9.53 Å². The van der Waals surface area contributed by atoms with Crippen molar-refractivity contribution in [3.05, 3.63) is 33.8 Å². The highest BCUT2D eigenvalue weighted by atomic mass is 35.5. The van der Waals surface area contributed by atoms with Crippen LogP contribution in [0.5, 0.6) is 0 Å². The van der Waals surface area contributed by atoms with Crippen LogP contribution < -0.4 is 5.32 Å². The minimum atomic E-state index is -0.00187.